The van der Waals surface area contributed by atoms with Crippen LogP contribution in [0.15, 0.2) is 69.0 Å². The van der Waals surface area contributed by atoms with E-state index < -0.39 is 52.7 Å². The molecule has 1 aliphatic heterocycles. The first-order chi connectivity index (χ1) is 18.5. The number of ketones is 1. The van der Waals surface area contributed by atoms with Gasteiger partial charge >= 0.3 is 6.18 Å². The fraction of sp³-hybridized carbons (Fsp3) is 0.214. The van der Waals surface area contributed by atoms with Gasteiger partial charge in [0.15, 0.2) is 17.3 Å². The lowest BCUT2D eigenvalue weighted by molar-refractivity contribution is -0.138. The zero-order valence-electron chi connectivity index (χ0n) is 20.6. The van der Waals surface area contributed by atoms with Gasteiger partial charge in [-0.1, -0.05) is 18.2 Å². The summed E-state index contributed by atoms with van der Waals surface area (Å²) in [5.74, 6) is -2.53. The lowest BCUT2D eigenvalue weighted by Crippen LogP contribution is -2.31. The number of furan rings is 1. The quantitative estimate of drug-likeness (QED) is 0.191. The highest BCUT2D eigenvalue weighted by atomic mass is 32.2. The number of fused-ring (bicyclic) bond motifs is 1. The number of alkyl halides is 3. The average Bonchev–Trinajstić information content (AvgIpc) is 3.58. The van der Waals surface area contributed by atoms with E-state index in [0.29, 0.717) is 0 Å². The van der Waals surface area contributed by atoms with E-state index >= 15 is 4.39 Å². The number of carbonyl (C=O) groups excluding carboxylic acids is 1. The van der Waals surface area contributed by atoms with E-state index in [0.717, 1.165) is 34.5 Å². The monoisotopic (exact) mass is 561 g/mol. The summed E-state index contributed by atoms with van der Waals surface area (Å²) in [4.78, 5) is 27.2. The van der Waals surface area contributed by atoms with Crippen molar-refractivity contribution < 1.29 is 35.9 Å². The van der Waals surface area contributed by atoms with Crippen LogP contribution < -0.4 is 10.3 Å². The van der Waals surface area contributed by atoms with Crippen LogP contribution in [-0.2, 0) is 12.6 Å². The SMILES string of the molecule is COc1cccc(-c2c(C)c(Cc3c(F)cccc3C(F)(F)F)c3n(c2=O)C(C(=O)c2ccco2)CS3)c1F. The molecule has 0 aliphatic carbocycles. The molecule has 0 bridgehead atoms. The Balaban J connectivity index is 1.80. The molecule has 0 fully saturated rings. The van der Waals surface area contributed by atoms with E-state index in [4.69, 9.17) is 9.15 Å². The normalized spacial score (nSPS) is 14.9. The van der Waals surface area contributed by atoms with E-state index in [1.54, 1.807) is 0 Å². The van der Waals surface area contributed by atoms with Gasteiger partial charge in [-0.3, -0.25) is 14.2 Å². The standard InChI is InChI=1S/C28H20F5NO4S/c1-14-16(12-17-18(28(31,32)33)7-4-8-19(17)29)27-34(20(13-39-27)25(35)22-10-5-11-38-22)26(36)23(14)15-6-3-9-21(37-2)24(15)30/h3-11,20H,12-13H2,1-2H3. The third-order valence-corrected chi connectivity index (χ3v) is 7.92. The lowest BCUT2D eigenvalue weighted by atomic mass is 9.92. The summed E-state index contributed by atoms with van der Waals surface area (Å²) in [5, 5.41) is 0.214. The van der Waals surface area contributed by atoms with Gasteiger partial charge < -0.3 is 9.15 Å². The molecule has 2 aromatic carbocycles. The Bertz CT molecular complexity index is 1640. The van der Waals surface area contributed by atoms with E-state index in [-0.39, 0.29) is 44.5 Å². The van der Waals surface area contributed by atoms with Crippen LogP contribution in [-0.4, -0.2) is 23.2 Å². The van der Waals surface area contributed by atoms with Crippen molar-refractivity contribution in [2.45, 2.75) is 30.6 Å². The molecule has 0 saturated carbocycles. The molecule has 0 radical (unpaired) electrons. The molecule has 1 aliphatic rings. The number of hydrogen-bond donors (Lipinski definition) is 0. The number of pyridine rings is 1. The minimum Gasteiger partial charge on any atom is -0.494 e. The van der Waals surface area contributed by atoms with Crippen molar-refractivity contribution in [3.8, 4) is 16.9 Å². The van der Waals surface area contributed by atoms with Crippen LogP contribution in [0.2, 0.25) is 0 Å². The molecule has 11 heteroatoms. The minimum atomic E-state index is -4.84. The maximum Gasteiger partial charge on any atom is 0.416 e. The lowest BCUT2D eigenvalue weighted by Gasteiger charge is -2.21. The highest BCUT2D eigenvalue weighted by molar-refractivity contribution is 7.99. The maximum atomic E-state index is 15.4. The molecule has 39 heavy (non-hydrogen) atoms. The number of hydrogen-bond acceptors (Lipinski definition) is 5. The second kappa shape index (κ2) is 10.0. The number of carbonyl (C=O) groups is 1. The van der Waals surface area contributed by atoms with E-state index in [1.165, 1.54) is 50.6 Å². The number of aromatic nitrogens is 1. The Kier molecular flexibility index (Phi) is 6.88. The Morgan fingerprint density at radius 1 is 1.10 bits per heavy atom. The number of thioether (sulfide) groups is 1. The van der Waals surface area contributed by atoms with Crippen LogP contribution in [0.1, 0.15) is 38.9 Å². The molecule has 0 spiro atoms. The third kappa shape index (κ3) is 4.54. The van der Waals surface area contributed by atoms with Crippen molar-refractivity contribution in [2.75, 3.05) is 12.9 Å². The number of halogens is 5. The fourth-order valence-corrected chi connectivity index (χ4v) is 6.21. The number of Topliss-reactive ketones (excluding diaryl/α,β-unsaturated/α-hetero) is 1. The smallest absolute Gasteiger partial charge is 0.416 e. The van der Waals surface area contributed by atoms with Crippen LogP contribution in [0.3, 0.4) is 0 Å². The summed E-state index contributed by atoms with van der Waals surface area (Å²) in [5.41, 5.74) is -2.44. The first kappa shape index (κ1) is 26.7. The summed E-state index contributed by atoms with van der Waals surface area (Å²) in [6.45, 7) is 1.47. The highest BCUT2D eigenvalue weighted by Gasteiger charge is 2.38. The largest absolute Gasteiger partial charge is 0.494 e. The molecule has 1 atom stereocenters. The van der Waals surface area contributed by atoms with Crippen LogP contribution >= 0.6 is 11.8 Å². The van der Waals surface area contributed by atoms with Gasteiger partial charge in [0.2, 0.25) is 5.78 Å². The molecule has 5 rings (SSSR count). The molecular formula is C28H20F5NO4S. The first-order valence-corrected chi connectivity index (χ1v) is 12.7. The first-order valence-electron chi connectivity index (χ1n) is 11.7. The Labute approximate surface area is 223 Å². The topological polar surface area (TPSA) is 61.4 Å². The summed E-state index contributed by atoms with van der Waals surface area (Å²) >= 11 is 1.09. The van der Waals surface area contributed by atoms with Gasteiger partial charge in [-0.05, 0) is 48.4 Å². The molecular weight excluding hydrogens is 541 g/mol. The van der Waals surface area contributed by atoms with Gasteiger partial charge in [0.25, 0.3) is 5.56 Å². The molecule has 4 aromatic rings. The van der Waals surface area contributed by atoms with Crippen molar-refractivity contribution in [2.24, 2.45) is 0 Å². The number of rotatable bonds is 6. The van der Waals surface area contributed by atoms with Crippen LogP contribution in [0, 0.1) is 18.6 Å². The van der Waals surface area contributed by atoms with E-state index in [2.05, 4.69) is 0 Å². The van der Waals surface area contributed by atoms with Crippen LogP contribution in [0.5, 0.6) is 5.75 Å². The van der Waals surface area contributed by atoms with Crippen molar-refractivity contribution in [3.05, 3.63) is 105 Å². The summed E-state index contributed by atoms with van der Waals surface area (Å²) in [6.07, 6.45) is -4.09. The van der Waals surface area contributed by atoms with Crippen LogP contribution in [0.25, 0.3) is 11.1 Å². The predicted octanol–water partition coefficient (Wildman–Crippen LogP) is 6.84. The third-order valence-electron chi connectivity index (χ3n) is 6.72. The zero-order valence-corrected chi connectivity index (χ0v) is 21.4. The molecule has 3 heterocycles. The minimum absolute atomic E-state index is 0.00922. The predicted molar refractivity (Wildman–Crippen MR) is 134 cm³/mol. The summed E-state index contributed by atoms with van der Waals surface area (Å²) in [7, 11) is 1.25. The average molecular weight is 562 g/mol. The summed E-state index contributed by atoms with van der Waals surface area (Å²) in [6, 6.07) is 8.71. The number of nitrogens with zero attached hydrogens (tertiary/aromatic N) is 1. The molecule has 202 valence electrons. The summed E-state index contributed by atoms with van der Waals surface area (Å²) < 4.78 is 83.2. The van der Waals surface area contributed by atoms with Crippen molar-refractivity contribution in [3.63, 3.8) is 0 Å². The van der Waals surface area contributed by atoms with Gasteiger partial charge in [0, 0.05) is 23.3 Å². The second-order valence-corrected chi connectivity index (χ2v) is 9.90. The molecule has 0 amide bonds. The Hall–Kier alpha value is -3.86. The van der Waals surface area contributed by atoms with Crippen molar-refractivity contribution in [1.29, 1.82) is 0 Å². The van der Waals surface area contributed by atoms with Crippen molar-refractivity contribution >= 4 is 17.5 Å². The number of ether oxygens (including phenoxy) is 1. The fourth-order valence-electron chi connectivity index (χ4n) is 4.85. The molecule has 2 aromatic heterocycles. The number of methoxy groups -OCH3 is 1. The zero-order chi connectivity index (χ0) is 28.1. The highest BCUT2D eigenvalue weighted by Crippen LogP contribution is 2.43. The van der Waals surface area contributed by atoms with Gasteiger partial charge in [0.1, 0.15) is 11.9 Å². The van der Waals surface area contributed by atoms with Gasteiger partial charge in [-0.2, -0.15) is 13.2 Å². The Morgan fingerprint density at radius 3 is 2.51 bits per heavy atom. The second-order valence-electron chi connectivity index (χ2n) is 8.89. The molecule has 5 nitrogen and oxygen atoms in total. The Morgan fingerprint density at radius 2 is 1.85 bits per heavy atom. The van der Waals surface area contributed by atoms with Gasteiger partial charge in [-0.15, -0.1) is 11.8 Å². The number of benzene rings is 2. The van der Waals surface area contributed by atoms with Gasteiger partial charge in [-0.25, -0.2) is 8.78 Å². The maximum absolute atomic E-state index is 15.4. The molecule has 0 N–H and O–H groups in total. The molecule has 1 unspecified atom stereocenters. The van der Waals surface area contributed by atoms with Gasteiger partial charge in [0.05, 0.1) is 29.5 Å². The van der Waals surface area contributed by atoms with Crippen LogP contribution in [0.4, 0.5) is 22.0 Å². The van der Waals surface area contributed by atoms with E-state index in [9.17, 15) is 27.2 Å². The van der Waals surface area contributed by atoms with E-state index in [1.807, 2.05) is 0 Å². The molecule has 0 saturated heterocycles. The van der Waals surface area contributed by atoms with Crippen molar-refractivity contribution in [1.82, 2.24) is 4.57 Å².